The van der Waals surface area contributed by atoms with Crippen molar-refractivity contribution < 1.29 is 4.52 Å². The highest BCUT2D eigenvalue weighted by Crippen LogP contribution is 2.27. The van der Waals surface area contributed by atoms with Crippen LogP contribution in [0.5, 0.6) is 0 Å². The van der Waals surface area contributed by atoms with Crippen LogP contribution in [0.1, 0.15) is 31.2 Å². The van der Waals surface area contributed by atoms with Crippen LogP contribution in [0.4, 0.5) is 0 Å². The molecule has 1 N–H and O–H groups in total. The van der Waals surface area contributed by atoms with Gasteiger partial charge in [-0.05, 0) is 25.8 Å². The molecule has 1 aromatic rings. The van der Waals surface area contributed by atoms with Gasteiger partial charge in [0, 0.05) is 30.7 Å². The van der Waals surface area contributed by atoms with Gasteiger partial charge in [0.05, 0.1) is 6.20 Å². The Bertz CT molecular complexity index is 325. The van der Waals surface area contributed by atoms with Crippen LogP contribution in [-0.4, -0.2) is 35.2 Å². The Labute approximate surface area is 96.0 Å². The summed E-state index contributed by atoms with van der Waals surface area (Å²) in [6, 6.07) is 1.43. The molecule has 4 heteroatoms. The predicted octanol–water partition coefficient (Wildman–Crippen LogP) is 1.39. The minimum Gasteiger partial charge on any atom is -0.364 e. The van der Waals surface area contributed by atoms with Crippen molar-refractivity contribution in [3.63, 3.8) is 0 Å². The summed E-state index contributed by atoms with van der Waals surface area (Å²) in [7, 11) is 0. The van der Waals surface area contributed by atoms with Crippen LogP contribution in [0.2, 0.25) is 0 Å². The molecule has 4 nitrogen and oxygen atoms in total. The minimum absolute atomic E-state index is 0.662. The molecule has 2 aliphatic heterocycles. The fraction of sp³-hybridized carbons (Fsp3) is 0.750. The van der Waals surface area contributed by atoms with E-state index in [1.165, 1.54) is 38.8 Å². The van der Waals surface area contributed by atoms with E-state index in [-0.39, 0.29) is 0 Å². The summed E-state index contributed by atoms with van der Waals surface area (Å²) in [6.45, 7) is 3.46. The molecule has 3 heterocycles. The highest BCUT2D eigenvalue weighted by atomic mass is 16.5. The second kappa shape index (κ2) is 4.55. The lowest BCUT2D eigenvalue weighted by Gasteiger charge is -2.32. The second-order valence-electron chi connectivity index (χ2n) is 4.91. The third-order valence-corrected chi connectivity index (χ3v) is 3.91. The van der Waals surface area contributed by atoms with Crippen LogP contribution < -0.4 is 5.32 Å². The van der Waals surface area contributed by atoms with Crippen molar-refractivity contribution in [2.75, 3.05) is 13.1 Å². The first kappa shape index (κ1) is 10.3. The van der Waals surface area contributed by atoms with Crippen molar-refractivity contribution in [2.45, 2.75) is 44.3 Å². The Morgan fingerprint density at radius 3 is 3.25 bits per heavy atom. The minimum atomic E-state index is 0.662. The van der Waals surface area contributed by atoms with Crippen molar-refractivity contribution in [3.05, 3.63) is 18.0 Å². The third-order valence-electron chi connectivity index (χ3n) is 3.91. The molecule has 1 aromatic heterocycles. The van der Waals surface area contributed by atoms with Gasteiger partial charge in [0.15, 0.2) is 0 Å². The van der Waals surface area contributed by atoms with Gasteiger partial charge in [0.25, 0.3) is 0 Å². The van der Waals surface area contributed by atoms with E-state index in [1.54, 1.807) is 12.5 Å². The maximum Gasteiger partial charge on any atom is 0.128 e. The standard InChI is InChI=1S/C12H19N3O/c1-2-5-15-6-4-11(12(15)3-1)13-7-10-8-14-16-9-10/h8-9,11-13H,1-7H2. The van der Waals surface area contributed by atoms with Crippen molar-refractivity contribution in [1.82, 2.24) is 15.4 Å². The van der Waals surface area contributed by atoms with Gasteiger partial charge in [0.1, 0.15) is 6.26 Å². The molecule has 0 aromatic carbocycles. The van der Waals surface area contributed by atoms with Gasteiger partial charge in [0.2, 0.25) is 0 Å². The van der Waals surface area contributed by atoms with E-state index in [0.29, 0.717) is 6.04 Å². The van der Waals surface area contributed by atoms with Crippen molar-refractivity contribution >= 4 is 0 Å². The topological polar surface area (TPSA) is 41.3 Å². The average molecular weight is 221 g/mol. The summed E-state index contributed by atoms with van der Waals surface area (Å²) in [5, 5.41) is 7.36. The number of piperidine rings is 1. The first-order chi connectivity index (χ1) is 7.93. The Morgan fingerprint density at radius 1 is 1.38 bits per heavy atom. The maximum atomic E-state index is 4.84. The zero-order valence-electron chi connectivity index (χ0n) is 9.56. The van der Waals surface area contributed by atoms with Crippen LogP contribution >= 0.6 is 0 Å². The highest BCUT2D eigenvalue weighted by Gasteiger charge is 2.34. The van der Waals surface area contributed by atoms with E-state index in [2.05, 4.69) is 15.4 Å². The van der Waals surface area contributed by atoms with E-state index >= 15 is 0 Å². The molecule has 2 atom stereocenters. The smallest absolute Gasteiger partial charge is 0.128 e. The van der Waals surface area contributed by atoms with E-state index in [1.807, 2.05) is 0 Å². The normalized spacial score (nSPS) is 30.5. The first-order valence-electron chi connectivity index (χ1n) is 6.29. The van der Waals surface area contributed by atoms with Crippen LogP contribution in [0, 0.1) is 0 Å². The van der Waals surface area contributed by atoms with Crippen LogP contribution in [0.3, 0.4) is 0 Å². The molecule has 0 radical (unpaired) electrons. The number of rotatable bonds is 3. The lowest BCUT2D eigenvalue weighted by Crippen LogP contribution is -2.44. The van der Waals surface area contributed by atoms with E-state index in [0.717, 1.165) is 18.2 Å². The van der Waals surface area contributed by atoms with Gasteiger partial charge in [-0.2, -0.15) is 0 Å². The van der Waals surface area contributed by atoms with E-state index in [9.17, 15) is 0 Å². The highest BCUT2D eigenvalue weighted by molar-refractivity contribution is 5.01. The quantitative estimate of drug-likeness (QED) is 0.837. The molecule has 2 fully saturated rings. The lowest BCUT2D eigenvalue weighted by molar-refractivity contribution is 0.180. The summed E-state index contributed by atoms with van der Waals surface area (Å²) < 4.78 is 4.84. The number of nitrogens with zero attached hydrogens (tertiary/aromatic N) is 2. The molecule has 2 saturated heterocycles. The SMILES string of the molecule is c1nocc1CNC1CCN2CCCCC12. The first-order valence-corrected chi connectivity index (χ1v) is 6.29. The van der Waals surface area contributed by atoms with Gasteiger partial charge in [-0.3, -0.25) is 4.90 Å². The molecule has 0 aliphatic carbocycles. The summed E-state index contributed by atoms with van der Waals surface area (Å²) in [5.74, 6) is 0. The Kier molecular flexibility index (Phi) is 2.93. The average Bonchev–Trinajstić information content (AvgIpc) is 2.96. The molecule has 88 valence electrons. The zero-order chi connectivity index (χ0) is 10.8. The van der Waals surface area contributed by atoms with Crippen LogP contribution in [-0.2, 0) is 6.54 Å². The monoisotopic (exact) mass is 221 g/mol. The molecular weight excluding hydrogens is 202 g/mol. The fourth-order valence-electron chi connectivity index (χ4n) is 3.05. The molecule has 2 unspecified atom stereocenters. The van der Waals surface area contributed by atoms with Crippen molar-refractivity contribution in [2.24, 2.45) is 0 Å². The number of nitrogens with one attached hydrogen (secondary N) is 1. The molecule has 0 spiro atoms. The summed E-state index contributed by atoms with van der Waals surface area (Å²) in [4.78, 5) is 2.65. The number of hydrogen-bond acceptors (Lipinski definition) is 4. The molecule has 0 amide bonds. The van der Waals surface area contributed by atoms with Crippen LogP contribution in [0.25, 0.3) is 0 Å². The largest absolute Gasteiger partial charge is 0.364 e. The fourth-order valence-corrected chi connectivity index (χ4v) is 3.05. The molecule has 16 heavy (non-hydrogen) atoms. The Hall–Kier alpha value is -0.870. The zero-order valence-corrected chi connectivity index (χ0v) is 9.56. The molecular formula is C12H19N3O. The summed E-state index contributed by atoms with van der Waals surface area (Å²) >= 11 is 0. The number of aromatic nitrogens is 1. The van der Waals surface area contributed by atoms with Crippen LogP contribution in [0.15, 0.2) is 17.0 Å². The summed E-state index contributed by atoms with van der Waals surface area (Å²) in [5.41, 5.74) is 1.15. The van der Waals surface area contributed by atoms with Gasteiger partial charge in [-0.25, -0.2) is 0 Å². The Morgan fingerprint density at radius 2 is 2.38 bits per heavy atom. The molecule has 0 bridgehead atoms. The van der Waals surface area contributed by atoms with Gasteiger partial charge >= 0.3 is 0 Å². The van der Waals surface area contributed by atoms with Gasteiger partial charge < -0.3 is 9.84 Å². The molecule has 2 aliphatic rings. The van der Waals surface area contributed by atoms with E-state index < -0.39 is 0 Å². The van der Waals surface area contributed by atoms with E-state index in [4.69, 9.17) is 4.52 Å². The van der Waals surface area contributed by atoms with Gasteiger partial charge in [-0.1, -0.05) is 11.6 Å². The second-order valence-corrected chi connectivity index (χ2v) is 4.91. The summed E-state index contributed by atoms with van der Waals surface area (Å²) in [6.07, 6.45) is 8.94. The lowest BCUT2D eigenvalue weighted by atomic mass is 9.99. The number of hydrogen-bond donors (Lipinski definition) is 1. The van der Waals surface area contributed by atoms with Crippen molar-refractivity contribution in [1.29, 1.82) is 0 Å². The Balaban J connectivity index is 1.55. The number of fused-ring (bicyclic) bond motifs is 1. The molecule has 0 saturated carbocycles. The maximum absolute atomic E-state index is 4.84. The van der Waals surface area contributed by atoms with Crippen molar-refractivity contribution in [3.8, 4) is 0 Å². The van der Waals surface area contributed by atoms with Gasteiger partial charge in [-0.15, -0.1) is 0 Å². The predicted molar refractivity (Wildman–Crippen MR) is 61.0 cm³/mol. The third kappa shape index (κ3) is 1.99. The molecule has 3 rings (SSSR count).